The highest BCUT2D eigenvalue weighted by Gasteiger charge is 2.39. The molecule has 0 bridgehead atoms. The van der Waals surface area contributed by atoms with Crippen molar-refractivity contribution in [1.29, 1.82) is 0 Å². The molecule has 4 aromatic carbocycles. The second kappa shape index (κ2) is 11.6. The van der Waals surface area contributed by atoms with Crippen LogP contribution in [0.1, 0.15) is 52.7 Å². The summed E-state index contributed by atoms with van der Waals surface area (Å²) in [4.78, 5) is 27.7. The maximum Gasteiger partial charge on any atom is 0.416 e. The standard InChI is InChI=1S/C38H14F12O2S2/c39-35(40,41)19-5-17(6-20(11-19)36(42,43)44)15-1-3-23-29(9-15)54-34-28(52)14-26-25(31(23)34)13-27(51)32-24-4-2-16(10-30(24)53-33(26)32)18-7-21(37(45,46)47)12-22(8-18)38(48,49)50/h1-14H. The van der Waals surface area contributed by atoms with Gasteiger partial charge in [0.25, 0.3) is 0 Å². The highest BCUT2D eigenvalue weighted by Crippen LogP contribution is 2.52. The number of carbonyl (C=O) groups is 2. The van der Waals surface area contributed by atoms with Crippen LogP contribution in [0.4, 0.5) is 52.7 Å². The molecule has 8 rings (SSSR count). The molecule has 6 aromatic rings. The van der Waals surface area contributed by atoms with Gasteiger partial charge < -0.3 is 0 Å². The molecule has 0 amide bonds. The third-order valence-electron chi connectivity index (χ3n) is 9.05. The largest absolute Gasteiger partial charge is 0.416 e. The maximum atomic E-state index is 13.7. The van der Waals surface area contributed by atoms with Crippen LogP contribution in [-0.4, -0.2) is 11.6 Å². The Morgan fingerprint density at radius 3 is 1.20 bits per heavy atom. The van der Waals surface area contributed by atoms with Gasteiger partial charge in [-0.1, -0.05) is 24.3 Å². The van der Waals surface area contributed by atoms with E-state index in [1.165, 1.54) is 48.6 Å². The summed E-state index contributed by atoms with van der Waals surface area (Å²) >= 11 is 1.94. The van der Waals surface area contributed by atoms with E-state index >= 15 is 0 Å². The molecule has 0 spiro atoms. The average Bonchev–Trinajstić information content (AvgIpc) is 3.66. The Labute approximate surface area is 302 Å². The Morgan fingerprint density at radius 1 is 0.389 bits per heavy atom. The fourth-order valence-electron chi connectivity index (χ4n) is 6.62. The van der Waals surface area contributed by atoms with Gasteiger partial charge in [0.05, 0.1) is 27.1 Å². The molecular weight excluding hydrogens is 781 g/mol. The summed E-state index contributed by atoms with van der Waals surface area (Å²) in [6.45, 7) is 0. The molecule has 0 fully saturated rings. The molecule has 54 heavy (non-hydrogen) atoms. The van der Waals surface area contributed by atoms with Crippen LogP contribution < -0.4 is 0 Å². The SMILES string of the molecule is O=C1C=C2C(=CC(=O)c3c2sc2cc(-c4cc(C(F)(F)F)cc(C(F)(F)F)c4)ccc32)c2c1sc1cc(-c3cc(C(F)(F)F)cc(C(F)(F)F)c3)ccc21. The fraction of sp³-hybridized carbons (Fsp3) is 0.105. The number of rotatable bonds is 2. The van der Waals surface area contributed by atoms with Crippen LogP contribution in [0.15, 0.2) is 84.9 Å². The lowest BCUT2D eigenvalue weighted by molar-refractivity contribution is -0.144. The number of hydrogen-bond acceptors (Lipinski definition) is 4. The molecule has 0 aliphatic heterocycles. The molecule has 2 heterocycles. The third kappa shape index (κ3) is 5.91. The Bertz CT molecular complexity index is 2630. The van der Waals surface area contributed by atoms with Crippen molar-refractivity contribution >= 4 is 65.6 Å². The van der Waals surface area contributed by atoms with Gasteiger partial charge in [-0.25, -0.2) is 0 Å². The van der Waals surface area contributed by atoms with E-state index in [-0.39, 0.29) is 44.8 Å². The van der Waals surface area contributed by atoms with Crippen LogP contribution in [0, 0.1) is 0 Å². The number of fused-ring (bicyclic) bond motifs is 9. The first-order valence-electron chi connectivity index (χ1n) is 15.3. The summed E-state index contributed by atoms with van der Waals surface area (Å²) < 4.78 is 163. The normalized spacial score (nSPS) is 15.0. The Morgan fingerprint density at radius 2 is 0.778 bits per heavy atom. The molecule has 274 valence electrons. The van der Waals surface area contributed by atoms with Crippen LogP contribution in [0.2, 0.25) is 0 Å². The van der Waals surface area contributed by atoms with Crippen LogP contribution in [0.25, 0.3) is 53.6 Å². The molecule has 2 aliphatic carbocycles. The van der Waals surface area contributed by atoms with Gasteiger partial charge in [-0.2, -0.15) is 52.7 Å². The first-order chi connectivity index (χ1) is 25.1. The maximum absolute atomic E-state index is 13.7. The molecule has 2 nitrogen and oxygen atoms in total. The number of benzene rings is 4. The van der Waals surface area contributed by atoms with Crippen molar-refractivity contribution in [3.63, 3.8) is 0 Å². The monoisotopic (exact) mass is 794 g/mol. The van der Waals surface area contributed by atoms with E-state index in [0.29, 0.717) is 66.0 Å². The zero-order valence-electron chi connectivity index (χ0n) is 26.3. The van der Waals surface area contributed by atoms with Crippen molar-refractivity contribution in [2.24, 2.45) is 0 Å². The highest BCUT2D eigenvalue weighted by molar-refractivity contribution is 7.22. The molecule has 0 saturated carbocycles. The van der Waals surface area contributed by atoms with E-state index in [1.54, 1.807) is 0 Å². The van der Waals surface area contributed by atoms with Crippen LogP contribution >= 0.6 is 22.7 Å². The Hall–Kier alpha value is -5.22. The van der Waals surface area contributed by atoms with Crippen molar-refractivity contribution in [2.75, 3.05) is 0 Å². The minimum Gasteiger partial charge on any atom is -0.289 e. The van der Waals surface area contributed by atoms with Crippen molar-refractivity contribution < 1.29 is 62.3 Å². The lowest BCUT2D eigenvalue weighted by atomic mass is 9.82. The lowest BCUT2D eigenvalue weighted by Gasteiger charge is -2.21. The lowest BCUT2D eigenvalue weighted by Crippen LogP contribution is -2.12. The van der Waals surface area contributed by atoms with Crippen LogP contribution in [0.3, 0.4) is 0 Å². The molecule has 0 N–H and O–H groups in total. The summed E-state index contributed by atoms with van der Waals surface area (Å²) in [7, 11) is 0. The van der Waals surface area contributed by atoms with E-state index in [0.717, 1.165) is 22.7 Å². The van der Waals surface area contributed by atoms with E-state index < -0.39 is 58.5 Å². The first-order valence-corrected chi connectivity index (χ1v) is 17.0. The van der Waals surface area contributed by atoms with Crippen LogP contribution in [0.5, 0.6) is 0 Å². The number of halogens is 12. The van der Waals surface area contributed by atoms with Gasteiger partial charge in [0, 0.05) is 41.7 Å². The Kier molecular flexibility index (Phi) is 7.71. The topological polar surface area (TPSA) is 34.1 Å². The summed E-state index contributed by atoms with van der Waals surface area (Å²) in [5.74, 6) is -1.00. The molecule has 2 aliphatic rings. The zero-order chi connectivity index (χ0) is 38.9. The number of hydrogen-bond donors (Lipinski definition) is 0. The van der Waals surface area contributed by atoms with Crippen molar-refractivity contribution in [3.8, 4) is 22.3 Å². The van der Waals surface area contributed by atoms with E-state index in [4.69, 9.17) is 0 Å². The molecule has 2 aromatic heterocycles. The number of alkyl halides is 12. The second-order valence-corrected chi connectivity index (χ2v) is 14.6. The summed E-state index contributed by atoms with van der Waals surface area (Å²) in [5.41, 5.74) is -5.58. The third-order valence-corrected chi connectivity index (χ3v) is 11.4. The van der Waals surface area contributed by atoms with Crippen molar-refractivity contribution in [2.45, 2.75) is 24.7 Å². The molecular formula is C38H14F12O2S2. The number of carbonyl (C=O) groups excluding carboxylic acids is 2. The van der Waals surface area contributed by atoms with Crippen molar-refractivity contribution in [1.82, 2.24) is 0 Å². The summed E-state index contributed by atoms with van der Waals surface area (Å²) in [5, 5.41) is 0.747. The fourth-order valence-corrected chi connectivity index (χ4v) is 9.07. The molecule has 0 atom stereocenters. The number of ketones is 2. The van der Waals surface area contributed by atoms with Crippen LogP contribution in [-0.2, 0) is 24.7 Å². The van der Waals surface area contributed by atoms with E-state index in [2.05, 4.69) is 0 Å². The molecule has 16 heteroatoms. The minimum absolute atomic E-state index is 0.0112. The van der Waals surface area contributed by atoms with Gasteiger partial charge in [0.1, 0.15) is 0 Å². The average molecular weight is 795 g/mol. The molecule has 0 radical (unpaired) electrons. The minimum atomic E-state index is -5.07. The smallest absolute Gasteiger partial charge is 0.289 e. The predicted octanol–water partition coefficient (Wildman–Crippen LogP) is 13.4. The summed E-state index contributed by atoms with van der Waals surface area (Å²) in [6, 6.07) is 10.6. The van der Waals surface area contributed by atoms with Gasteiger partial charge in [-0.3, -0.25) is 9.59 Å². The second-order valence-electron chi connectivity index (χ2n) is 12.5. The summed E-state index contributed by atoms with van der Waals surface area (Å²) in [6.07, 6.45) is -17.7. The number of thiophene rings is 2. The highest BCUT2D eigenvalue weighted by atomic mass is 32.1. The predicted molar refractivity (Wildman–Crippen MR) is 179 cm³/mol. The van der Waals surface area contributed by atoms with Gasteiger partial charge >= 0.3 is 24.7 Å². The van der Waals surface area contributed by atoms with Gasteiger partial charge in [-0.05, 0) is 88.5 Å². The van der Waals surface area contributed by atoms with E-state index in [1.807, 2.05) is 0 Å². The molecule has 0 unspecified atom stereocenters. The molecule has 0 saturated heterocycles. The van der Waals surface area contributed by atoms with E-state index in [9.17, 15) is 62.3 Å². The first kappa shape index (κ1) is 35.8. The van der Waals surface area contributed by atoms with Gasteiger partial charge in [0.2, 0.25) is 0 Å². The Balaban J connectivity index is 1.22. The van der Waals surface area contributed by atoms with Gasteiger partial charge in [0.15, 0.2) is 11.6 Å². The van der Waals surface area contributed by atoms with Gasteiger partial charge in [-0.15, -0.1) is 22.7 Å². The quantitative estimate of drug-likeness (QED) is 0.164. The zero-order valence-corrected chi connectivity index (χ0v) is 27.9. The number of allylic oxidation sites excluding steroid dienone is 4. The van der Waals surface area contributed by atoms with Crippen molar-refractivity contribution in [3.05, 3.63) is 128 Å².